The number of esters is 3. The Morgan fingerprint density at radius 3 is 1.88 bits per heavy atom. The second-order valence-corrected chi connectivity index (χ2v) is 5.63. The highest BCUT2D eigenvalue weighted by Gasteiger charge is 2.52. The highest BCUT2D eigenvalue weighted by molar-refractivity contribution is 5.67. The van der Waals surface area contributed by atoms with E-state index in [4.69, 9.17) is 33.2 Å². The molecule has 0 bridgehead atoms. The molecule has 1 unspecified atom stereocenters. The van der Waals surface area contributed by atoms with Gasteiger partial charge in [0, 0.05) is 42.1 Å². The van der Waals surface area contributed by atoms with E-state index >= 15 is 0 Å². The monoisotopic (exact) mass is 378 g/mol. The van der Waals surface area contributed by atoms with E-state index in [1.54, 1.807) is 0 Å². The molecule has 0 N–H and O–H groups in total. The van der Waals surface area contributed by atoms with E-state index in [0.717, 1.165) is 0 Å². The van der Waals surface area contributed by atoms with Gasteiger partial charge < -0.3 is 33.2 Å². The van der Waals surface area contributed by atoms with E-state index in [-0.39, 0.29) is 6.61 Å². The second-order valence-electron chi connectivity index (χ2n) is 5.63. The van der Waals surface area contributed by atoms with E-state index < -0.39 is 54.7 Å². The maximum absolute atomic E-state index is 11.5. The van der Waals surface area contributed by atoms with Crippen molar-refractivity contribution in [1.29, 1.82) is 0 Å². The van der Waals surface area contributed by atoms with Crippen LogP contribution in [-0.2, 0) is 47.5 Å². The zero-order valence-corrected chi connectivity index (χ0v) is 15.8. The molecule has 0 spiro atoms. The van der Waals surface area contributed by atoms with Crippen LogP contribution >= 0.6 is 0 Å². The van der Waals surface area contributed by atoms with Gasteiger partial charge in [0.1, 0.15) is 24.9 Å². The molecule has 0 aromatic heterocycles. The van der Waals surface area contributed by atoms with Crippen molar-refractivity contribution in [3.63, 3.8) is 0 Å². The van der Waals surface area contributed by atoms with Crippen molar-refractivity contribution in [2.24, 2.45) is 0 Å². The number of ether oxygens (including phenoxy) is 7. The maximum atomic E-state index is 11.5. The minimum absolute atomic E-state index is 0.264. The SMILES string of the molecule is COC1O[C@H]([C@@H](COC(C)=O)OC(C)=O)[C@@H](OC)[C@H](OC(C)=O)[C@H]1OC. The summed E-state index contributed by atoms with van der Waals surface area (Å²) in [7, 11) is 4.18. The van der Waals surface area contributed by atoms with E-state index in [9.17, 15) is 14.4 Å². The first-order valence-corrected chi connectivity index (χ1v) is 7.96. The van der Waals surface area contributed by atoms with Gasteiger partial charge in [0.2, 0.25) is 0 Å². The van der Waals surface area contributed by atoms with Gasteiger partial charge in [-0.05, 0) is 0 Å². The summed E-state index contributed by atoms with van der Waals surface area (Å²) in [5, 5.41) is 0. The predicted octanol–water partition coefficient (Wildman–Crippen LogP) is -0.186. The van der Waals surface area contributed by atoms with Crippen LogP contribution in [-0.4, -0.2) is 82.7 Å². The van der Waals surface area contributed by atoms with Crippen LogP contribution in [0.15, 0.2) is 0 Å². The van der Waals surface area contributed by atoms with Crippen LogP contribution < -0.4 is 0 Å². The van der Waals surface area contributed by atoms with Gasteiger partial charge in [0.05, 0.1) is 0 Å². The smallest absolute Gasteiger partial charge is 0.303 e. The third-order valence-corrected chi connectivity index (χ3v) is 3.74. The molecule has 10 nitrogen and oxygen atoms in total. The molecular weight excluding hydrogens is 352 g/mol. The molecule has 10 heteroatoms. The minimum Gasteiger partial charge on any atom is -0.462 e. The van der Waals surface area contributed by atoms with Gasteiger partial charge in [0.25, 0.3) is 0 Å². The summed E-state index contributed by atoms with van der Waals surface area (Å²) in [5.41, 5.74) is 0. The zero-order chi connectivity index (χ0) is 19.9. The quantitative estimate of drug-likeness (QED) is 0.416. The lowest BCUT2D eigenvalue weighted by Gasteiger charge is -2.45. The minimum atomic E-state index is -1.00. The Morgan fingerprint density at radius 1 is 0.846 bits per heavy atom. The van der Waals surface area contributed by atoms with E-state index in [1.165, 1.54) is 42.1 Å². The fourth-order valence-corrected chi connectivity index (χ4v) is 2.78. The molecule has 0 aromatic rings. The van der Waals surface area contributed by atoms with E-state index in [1.807, 2.05) is 0 Å². The summed E-state index contributed by atoms with van der Waals surface area (Å²) in [5.74, 6) is -1.72. The average molecular weight is 378 g/mol. The Labute approximate surface area is 151 Å². The highest BCUT2D eigenvalue weighted by Crippen LogP contribution is 2.30. The average Bonchev–Trinajstić information content (AvgIpc) is 2.56. The van der Waals surface area contributed by atoms with Gasteiger partial charge in [-0.15, -0.1) is 0 Å². The summed E-state index contributed by atoms with van der Waals surface area (Å²) < 4.78 is 37.4. The number of methoxy groups -OCH3 is 3. The molecule has 0 aliphatic carbocycles. The molecule has 6 atom stereocenters. The Hall–Kier alpha value is -1.75. The molecule has 1 aliphatic heterocycles. The number of carbonyl (C=O) groups excluding carboxylic acids is 3. The molecule has 1 rings (SSSR count). The summed E-state index contributed by atoms with van der Waals surface area (Å²) >= 11 is 0. The summed E-state index contributed by atoms with van der Waals surface area (Å²) in [6, 6.07) is 0. The fourth-order valence-electron chi connectivity index (χ4n) is 2.78. The Morgan fingerprint density at radius 2 is 1.46 bits per heavy atom. The molecule has 0 amide bonds. The van der Waals surface area contributed by atoms with E-state index in [0.29, 0.717) is 0 Å². The normalized spacial score (nSPS) is 29.5. The Kier molecular flexibility index (Phi) is 8.93. The molecule has 0 radical (unpaired) electrons. The van der Waals surface area contributed by atoms with Gasteiger partial charge in [0.15, 0.2) is 18.5 Å². The van der Waals surface area contributed by atoms with Crippen LogP contribution in [0.3, 0.4) is 0 Å². The van der Waals surface area contributed by atoms with Gasteiger partial charge in [-0.2, -0.15) is 0 Å². The Bertz CT molecular complexity index is 493. The maximum Gasteiger partial charge on any atom is 0.303 e. The molecule has 1 heterocycles. The number of rotatable bonds is 8. The lowest BCUT2D eigenvalue weighted by atomic mass is 9.94. The van der Waals surface area contributed by atoms with Gasteiger partial charge in [-0.25, -0.2) is 0 Å². The number of hydrogen-bond donors (Lipinski definition) is 0. The largest absolute Gasteiger partial charge is 0.462 e. The van der Waals surface area contributed by atoms with Crippen molar-refractivity contribution in [2.75, 3.05) is 27.9 Å². The first kappa shape index (κ1) is 22.3. The van der Waals surface area contributed by atoms with Crippen molar-refractivity contribution >= 4 is 17.9 Å². The third kappa shape index (κ3) is 5.90. The second kappa shape index (κ2) is 10.4. The van der Waals surface area contributed by atoms with Crippen molar-refractivity contribution in [3.8, 4) is 0 Å². The van der Waals surface area contributed by atoms with Gasteiger partial charge >= 0.3 is 17.9 Å². The first-order chi connectivity index (χ1) is 12.2. The van der Waals surface area contributed by atoms with Gasteiger partial charge in [-0.3, -0.25) is 14.4 Å². The lowest BCUT2D eigenvalue weighted by Crippen LogP contribution is -2.64. The van der Waals surface area contributed by atoms with Crippen molar-refractivity contribution < 1.29 is 47.5 Å². The van der Waals surface area contributed by atoms with Crippen molar-refractivity contribution in [3.05, 3.63) is 0 Å². The number of carbonyl (C=O) groups is 3. The van der Waals surface area contributed by atoms with Gasteiger partial charge in [-0.1, -0.05) is 0 Å². The van der Waals surface area contributed by atoms with Crippen molar-refractivity contribution in [1.82, 2.24) is 0 Å². The fraction of sp³-hybridized carbons (Fsp3) is 0.812. The first-order valence-electron chi connectivity index (χ1n) is 7.96. The highest BCUT2D eigenvalue weighted by atomic mass is 16.7. The van der Waals surface area contributed by atoms with Crippen LogP contribution in [0, 0.1) is 0 Å². The van der Waals surface area contributed by atoms with Crippen LogP contribution in [0.5, 0.6) is 0 Å². The zero-order valence-electron chi connectivity index (χ0n) is 15.8. The topological polar surface area (TPSA) is 116 Å². The summed E-state index contributed by atoms with van der Waals surface area (Å²) in [6.45, 7) is 3.41. The van der Waals surface area contributed by atoms with Crippen LogP contribution in [0.25, 0.3) is 0 Å². The lowest BCUT2D eigenvalue weighted by molar-refractivity contribution is -0.315. The summed E-state index contributed by atoms with van der Waals surface area (Å²) in [6.07, 6.45) is -5.43. The molecule has 0 aromatic carbocycles. The molecule has 1 fully saturated rings. The predicted molar refractivity (Wildman–Crippen MR) is 85.0 cm³/mol. The molecule has 1 saturated heterocycles. The third-order valence-electron chi connectivity index (χ3n) is 3.74. The van der Waals surface area contributed by atoms with Crippen LogP contribution in [0.1, 0.15) is 20.8 Å². The number of hydrogen-bond acceptors (Lipinski definition) is 10. The molecule has 1 aliphatic rings. The van der Waals surface area contributed by atoms with E-state index in [2.05, 4.69) is 0 Å². The molecule has 150 valence electrons. The van der Waals surface area contributed by atoms with Crippen molar-refractivity contribution in [2.45, 2.75) is 57.6 Å². The van der Waals surface area contributed by atoms with Crippen LogP contribution in [0.4, 0.5) is 0 Å². The molecule has 26 heavy (non-hydrogen) atoms. The molecular formula is C16H26O10. The summed E-state index contributed by atoms with van der Waals surface area (Å²) in [4.78, 5) is 34.1. The molecule has 0 saturated carbocycles. The van der Waals surface area contributed by atoms with Crippen LogP contribution in [0.2, 0.25) is 0 Å². The Balaban J connectivity index is 3.18. The standard InChI is InChI=1S/C16H26O10/c1-8(17)23-7-11(24-9(2)18)12-13(20-4)14(25-10(3)19)15(21-5)16(22-6)26-12/h11-16H,7H2,1-6H3/t11-,12-,13-,14+,15-,16?/m1/s1.